The third-order valence-corrected chi connectivity index (χ3v) is 2.02. The average Bonchev–Trinajstić information content (AvgIpc) is 2.30. The number of hydrogen-bond acceptors (Lipinski definition) is 6. The molecular weight excluding hydrogens is 228 g/mol. The van der Waals surface area contributed by atoms with Crippen LogP contribution in [0.5, 0.6) is 0 Å². The van der Waals surface area contributed by atoms with Gasteiger partial charge >= 0.3 is 0 Å². The maximum Gasteiger partial charge on any atom is 0.147 e. The normalized spacial score (nSPS) is 11.6. The van der Waals surface area contributed by atoms with Gasteiger partial charge in [0.2, 0.25) is 0 Å². The Morgan fingerprint density at radius 3 is 1.12 bits per heavy atom. The van der Waals surface area contributed by atoms with Crippen LogP contribution in [0, 0.1) is 0 Å². The van der Waals surface area contributed by atoms with Crippen molar-refractivity contribution in [3.05, 3.63) is 0 Å². The first-order chi connectivity index (χ1) is 8.28. The van der Waals surface area contributed by atoms with Crippen molar-refractivity contribution >= 4 is 0 Å². The van der Waals surface area contributed by atoms with Crippen LogP contribution in [0.25, 0.3) is 0 Å². The summed E-state index contributed by atoms with van der Waals surface area (Å²) in [6, 6.07) is 0. The minimum Gasteiger partial charge on any atom is -0.382 e. The summed E-state index contributed by atoms with van der Waals surface area (Å²) >= 11 is 0. The summed E-state index contributed by atoms with van der Waals surface area (Å²) < 4.78 is 30.9. The maximum absolute atomic E-state index is 5.46. The molecule has 6 nitrogen and oxygen atoms in total. The Morgan fingerprint density at radius 2 is 0.882 bits per heavy atom. The van der Waals surface area contributed by atoms with E-state index in [9.17, 15) is 0 Å². The predicted molar refractivity (Wildman–Crippen MR) is 62.1 cm³/mol. The van der Waals surface area contributed by atoms with Crippen LogP contribution in [0.1, 0.15) is 0 Å². The SMILES string of the molecule is COCC(COC)OCOC(COC)COC. The van der Waals surface area contributed by atoms with Crippen molar-refractivity contribution in [2.75, 3.05) is 61.7 Å². The van der Waals surface area contributed by atoms with E-state index in [-0.39, 0.29) is 19.0 Å². The van der Waals surface area contributed by atoms with Gasteiger partial charge < -0.3 is 28.4 Å². The molecule has 0 rings (SSSR count). The zero-order valence-electron chi connectivity index (χ0n) is 11.1. The van der Waals surface area contributed by atoms with Crippen LogP contribution in [-0.4, -0.2) is 73.9 Å². The van der Waals surface area contributed by atoms with Crippen molar-refractivity contribution in [2.45, 2.75) is 12.2 Å². The van der Waals surface area contributed by atoms with Gasteiger partial charge in [-0.1, -0.05) is 0 Å². The van der Waals surface area contributed by atoms with E-state index >= 15 is 0 Å². The lowest BCUT2D eigenvalue weighted by molar-refractivity contribution is -0.160. The van der Waals surface area contributed by atoms with Crippen LogP contribution in [-0.2, 0) is 28.4 Å². The summed E-state index contributed by atoms with van der Waals surface area (Å²) in [5.41, 5.74) is 0. The molecule has 0 saturated heterocycles. The molecule has 0 saturated carbocycles. The fraction of sp³-hybridized carbons (Fsp3) is 1.00. The Balaban J connectivity index is 3.73. The lowest BCUT2D eigenvalue weighted by atomic mass is 10.4. The molecule has 0 aliphatic carbocycles. The van der Waals surface area contributed by atoms with E-state index in [1.807, 2.05) is 0 Å². The average molecular weight is 252 g/mol. The summed E-state index contributed by atoms with van der Waals surface area (Å²) in [4.78, 5) is 0. The predicted octanol–water partition coefficient (Wildman–Crippen LogP) is 0.300. The van der Waals surface area contributed by atoms with Gasteiger partial charge in [0.15, 0.2) is 0 Å². The molecule has 0 heterocycles. The number of rotatable bonds is 12. The first-order valence-corrected chi connectivity index (χ1v) is 5.47. The fourth-order valence-electron chi connectivity index (χ4n) is 1.26. The Hall–Kier alpha value is -0.240. The van der Waals surface area contributed by atoms with Crippen molar-refractivity contribution in [3.63, 3.8) is 0 Å². The van der Waals surface area contributed by atoms with E-state index in [0.29, 0.717) is 26.4 Å². The number of methoxy groups -OCH3 is 4. The van der Waals surface area contributed by atoms with Gasteiger partial charge in [0.25, 0.3) is 0 Å². The second kappa shape index (κ2) is 12.2. The fourth-order valence-corrected chi connectivity index (χ4v) is 1.26. The van der Waals surface area contributed by atoms with Crippen LogP contribution in [0.3, 0.4) is 0 Å². The van der Waals surface area contributed by atoms with Crippen molar-refractivity contribution in [1.29, 1.82) is 0 Å². The second-order valence-corrected chi connectivity index (χ2v) is 3.52. The first-order valence-electron chi connectivity index (χ1n) is 5.47. The zero-order valence-corrected chi connectivity index (χ0v) is 11.1. The largest absolute Gasteiger partial charge is 0.382 e. The van der Waals surface area contributed by atoms with E-state index in [2.05, 4.69) is 0 Å². The molecule has 6 heteroatoms. The summed E-state index contributed by atoms with van der Waals surface area (Å²) in [5, 5.41) is 0. The summed E-state index contributed by atoms with van der Waals surface area (Å²) in [5.74, 6) is 0. The molecule has 0 aromatic rings. The minimum atomic E-state index is -0.129. The molecule has 0 amide bonds. The zero-order chi connectivity index (χ0) is 12.9. The Kier molecular flexibility index (Phi) is 12.1. The minimum absolute atomic E-state index is 0.129. The van der Waals surface area contributed by atoms with Crippen molar-refractivity contribution in [3.8, 4) is 0 Å². The Morgan fingerprint density at radius 1 is 0.588 bits per heavy atom. The van der Waals surface area contributed by atoms with E-state index in [4.69, 9.17) is 28.4 Å². The van der Waals surface area contributed by atoms with Crippen molar-refractivity contribution in [2.24, 2.45) is 0 Å². The number of ether oxygens (including phenoxy) is 6. The lowest BCUT2D eigenvalue weighted by Crippen LogP contribution is -2.30. The summed E-state index contributed by atoms with van der Waals surface area (Å²) in [7, 11) is 6.47. The highest BCUT2D eigenvalue weighted by molar-refractivity contribution is 4.55. The maximum atomic E-state index is 5.46. The molecule has 104 valence electrons. The second-order valence-electron chi connectivity index (χ2n) is 3.52. The summed E-state index contributed by atoms with van der Waals surface area (Å²) in [6.07, 6.45) is -0.258. The molecule has 0 radical (unpaired) electrons. The molecule has 0 unspecified atom stereocenters. The standard InChI is InChI=1S/C11H24O6/c1-12-5-10(6-13-2)16-9-17-11(7-14-3)8-15-4/h10-11H,5-9H2,1-4H3. The molecule has 0 aromatic heterocycles. The quantitative estimate of drug-likeness (QED) is 0.466. The van der Waals surface area contributed by atoms with E-state index in [0.717, 1.165) is 0 Å². The van der Waals surface area contributed by atoms with Gasteiger partial charge in [-0.05, 0) is 0 Å². The highest BCUT2D eigenvalue weighted by atomic mass is 16.7. The van der Waals surface area contributed by atoms with Gasteiger partial charge in [-0.3, -0.25) is 0 Å². The molecular formula is C11H24O6. The Labute approximate surface area is 103 Å². The topological polar surface area (TPSA) is 55.4 Å². The highest BCUT2D eigenvalue weighted by Crippen LogP contribution is 1.99. The molecule has 0 aliphatic rings. The van der Waals surface area contributed by atoms with Gasteiger partial charge in [0.1, 0.15) is 19.0 Å². The van der Waals surface area contributed by atoms with Crippen LogP contribution in [0.2, 0.25) is 0 Å². The van der Waals surface area contributed by atoms with Crippen LogP contribution in [0.15, 0.2) is 0 Å². The van der Waals surface area contributed by atoms with Gasteiger partial charge in [-0.15, -0.1) is 0 Å². The molecule has 0 spiro atoms. The molecule has 0 bridgehead atoms. The summed E-state index contributed by atoms with van der Waals surface area (Å²) in [6.45, 7) is 2.04. The van der Waals surface area contributed by atoms with E-state index in [1.54, 1.807) is 28.4 Å². The van der Waals surface area contributed by atoms with Gasteiger partial charge in [0, 0.05) is 28.4 Å². The van der Waals surface area contributed by atoms with Crippen molar-refractivity contribution in [1.82, 2.24) is 0 Å². The van der Waals surface area contributed by atoms with E-state index < -0.39 is 0 Å². The molecule has 0 aromatic carbocycles. The molecule has 0 atom stereocenters. The van der Waals surface area contributed by atoms with Crippen LogP contribution >= 0.6 is 0 Å². The smallest absolute Gasteiger partial charge is 0.147 e. The molecule has 0 N–H and O–H groups in total. The van der Waals surface area contributed by atoms with Crippen molar-refractivity contribution < 1.29 is 28.4 Å². The first kappa shape index (κ1) is 16.8. The lowest BCUT2D eigenvalue weighted by Gasteiger charge is -2.20. The van der Waals surface area contributed by atoms with E-state index in [1.165, 1.54) is 0 Å². The highest BCUT2D eigenvalue weighted by Gasteiger charge is 2.12. The third-order valence-electron chi connectivity index (χ3n) is 2.02. The molecule has 17 heavy (non-hydrogen) atoms. The van der Waals surface area contributed by atoms with Gasteiger partial charge in [-0.25, -0.2) is 0 Å². The molecule has 0 fully saturated rings. The molecule has 0 aliphatic heterocycles. The van der Waals surface area contributed by atoms with Crippen LogP contribution in [0.4, 0.5) is 0 Å². The Bertz CT molecular complexity index is 127. The van der Waals surface area contributed by atoms with Gasteiger partial charge in [0.05, 0.1) is 26.4 Å². The number of hydrogen-bond donors (Lipinski definition) is 0. The van der Waals surface area contributed by atoms with Gasteiger partial charge in [-0.2, -0.15) is 0 Å². The third kappa shape index (κ3) is 9.46. The van der Waals surface area contributed by atoms with Crippen LogP contribution < -0.4 is 0 Å². The monoisotopic (exact) mass is 252 g/mol.